The number of sulfonamides is 1. The van der Waals surface area contributed by atoms with Crippen LogP contribution in [0.2, 0.25) is 10.0 Å². The van der Waals surface area contributed by atoms with E-state index in [9.17, 15) is 18.0 Å². The zero-order valence-electron chi connectivity index (χ0n) is 24.1. The molecule has 0 radical (unpaired) electrons. The molecule has 0 heterocycles. The summed E-state index contributed by atoms with van der Waals surface area (Å²) < 4.78 is 39.8. The van der Waals surface area contributed by atoms with Crippen molar-refractivity contribution in [2.75, 3.05) is 31.6 Å². The minimum Gasteiger partial charge on any atom is -0.497 e. The van der Waals surface area contributed by atoms with Crippen LogP contribution in [0.4, 0.5) is 5.69 Å². The number of halogens is 2. The van der Waals surface area contributed by atoms with Crippen LogP contribution in [0.1, 0.15) is 26.3 Å². The Morgan fingerprint density at radius 2 is 1.60 bits per heavy atom. The first-order valence-electron chi connectivity index (χ1n) is 13.2. The van der Waals surface area contributed by atoms with Gasteiger partial charge >= 0.3 is 0 Å². The Hall–Kier alpha value is -3.47. The molecule has 42 heavy (non-hydrogen) atoms. The maximum atomic E-state index is 14.1. The van der Waals surface area contributed by atoms with E-state index in [0.29, 0.717) is 22.9 Å². The lowest BCUT2D eigenvalue weighted by atomic mass is 10.1. The maximum absolute atomic E-state index is 14.1. The Balaban J connectivity index is 2.10. The quantitative estimate of drug-likeness (QED) is 0.270. The highest BCUT2D eigenvalue weighted by Crippen LogP contribution is 2.36. The van der Waals surface area contributed by atoms with Gasteiger partial charge in [-0.2, -0.15) is 0 Å². The number of rotatable bonds is 13. The van der Waals surface area contributed by atoms with E-state index in [1.807, 2.05) is 13.8 Å². The van der Waals surface area contributed by atoms with Crippen LogP contribution in [0.3, 0.4) is 0 Å². The molecule has 0 aliphatic carbocycles. The van der Waals surface area contributed by atoms with Crippen LogP contribution < -0.4 is 19.1 Å². The lowest BCUT2D eigenvalue weighted by Crippen LogP contribution is -2.51. The number of carbonyl (C=O) groups is 2. The molecule has 0 aliphatic rings. The number of hydrogen-bond acceptors (Lipinski definition) is 6. The van der Waals surface area contributed by atoms with Crippen molar-refractivity contribution in [1.82, 2.24) is 10.2 Å². The molecule has 1 N–H and O–H groups in total. The minimum absolute atomic E-state index is 0.0265. The normalized spacial score (nSPS) is 12.0. The second kappa shape index (κ2) is 14.6. The van der Waals surface area contributed by atoms with Crippen LogP contribution in [0.15, 0.2) is 71.6 Å². The van der Waals surface area contributed by atoms with E-state index in [1.54, 1.807) is 55.5 Å². The molecule has 0 spiro atoms. The third-order valence-corrected chi connectivity index (χ3v) is 8.97. The molecule has 0 aromatic heterocycles. The van der Waals surface area contributed by atoms with Gasteiger partial charge in [-0.15, -0.1) is 0 Å². The summed E-state index contributed by atoms with van der Waals surface area (Å²) in [5.41, 5.74) is 0.707. The highest BCUT2D eigenvalue weighted by atomic mass is 35.5. The first-order valence-corrected chi connectivity index (χ1v) is 15.4. The summed E-state index contributed by atoms with van der Waals surface area (Å²) in [5, 5.41) is 3.47. The number of methoxy groups -OCH3 is 2. The topological polar surface area (TPSA) is 105 Å². The van der Waals surface area contributed by atoms with Gasteiger partial charge in [-0.3, -0.25) is 13.9 Å². The van der Waals surface area contributed by atoms with Crippen molar-refractivity contribution >= 4 is 50.7 Å². The van der Waals surface area contributed by atoms with Crippen molar-refractivity contribution in [1.29, 1.82) is 0 Å². The number of carbonyl (C=O) groups excluding carboxylic acids is 2. The van der Waals surface area contributed by atoms with Gasteiger partial charge in [0.2, 0.25) is 11.8 Å². The molecule has 12 heteroatoms. The highest BCUT2D eigenvalue weighted by molar-refractivity contribution is 7.92. The molecule has 0 fully saturated rings. The Morgan fingerprint density at radius 3 is 2.19 bits per heavy atom. The predicted molar refractivity (Wildman–Crippen MR) is 165 cm³/mol. The second-order valence-corrected chi connectivity index (χ2v) is 12.6. The molecule has 2 amide bonds. The molecule has 226 valence electrons. The molecule has 9 nitrogen and oxygen atoms in total. The summed E-state index contributed by atoms with van der Waals surface area (Å²) in [4.78, 5) is 28.5. The molecule has 3 aromatic rings. The molecule has 1 atom stereocenters. The fourth-order valence-electron chi connectivity index (χ4n) is 4.09. The number of amides is 2. The van der Waals surface area contributed by atoms with Crippen molar-refractivity contribution < 1.29 is 27.5 Å². The smallest absolute Gasteiger partial charge is 0.264 e. The first kappa shape index (κ1) is 33.0. The van der Waals surface area contributed by atoms with E-state index in [0.717, 1.165) is 4.31 Å². The van der Waals surface area contributed by atoms with Crippen LogP contribution in [0, 0.1) is 5.92 Å². The third-order valence-electron chi connectivity index (χ3n) is 6.45. The van der Waals surface area contributed by atoms with E-state index in [1.165, 1.54) is 37.3 Å². The van der Waals surface area contributed by atoms with Crippen LogP contribution in [0.25, 0.3) is 0 Å². The van der Waals surface area contributed by atoms with E-state index in [-0.39, 0.29) is 39.7 Å². The highest BCUT2D eigenvalue weighted by Gasteiger charge is 2.34. The van der Waals surface area contributed by atoms with Crippen molar-refractivity contribution in [3.63, 3.8) is 0 Å². The number of nitrogens with zero attached hydrogens (tertiary/aromatic N) is 2. The van der Waals surface area contributed by atoms with E-state index >= 15 is 0 Å². The lowest BCUT2D eigenvalue weighted by Gasteiger charge is -2.32. The second-order valence-electron chi connectivity index (χ2n) is 9.95. The largest absolute Gasteiger partial charge is 0.497 e. The lowest BCUT2D eigenvalue weighted by molar-refractivity contribution is -0.139. The maximum Gasteiger partial charge on any atom is 0.264 e. The SMILES string of the molecule is COc1ccc(OC)c(N(CC(=O)N(Cc2ccc(Cl)c(Cl)c2)[C@@H](C)C(=O)NCC(C)C)S(=O)(=O)c2ccccc2)c1. The molecular formula is C30H35Cl2N3O6S. The summed E-state index contributed by atoms with van der Waals surface area (Å²) in [5.74, 6) is -0.249. The van der Waals surface area contributed by atoms with Gasteiger partial charge < -0.3 is 19.7 Å². The summed E-state index contributed by atoms with van der Waals surface area (Å²) in [7, 11) is -1.43. The van der Waals surface area contributed by atoms with Gasteiger partial charge in [-0.05, 0) is 54.8 Å². The summed E-state index contributed by atoms with van der Waals surface area (Å²) in [6.45, 7) is 5.25. The number of hydrogen-bond donors (Lipinski definition) is 1. The van der Waals surface area contributed by atoms with Crippen molar-refractivity contribution in [3.05, 3.63) is 82.3 Å². The molecule has 0 saturated carbocycles. The third kappa shape index (κ3) is 8.08. The van der Waals surface area contributed by atoms with E-state index in [2.05, 4.69) is 5.32 Å². The van der Waals surface area contributed by atoms with E-state index < -0.39 is 28.5 Å². The Bertz CT molecular complexity index is 1500. The van der Waals surface area contributed by atoms with Crippen LogP contribution in [-0.4, -0.2) is 58.5 Å². The predicted octanol–water partition coefficient (Wildman–Crippen LogP) is 5.40. The van der Waals surface area contributed by atoms with Gasteiger partial charge in [0.25, 0.3) is 10.0 Å². The molecule has 3 rings (SSSR count). The van der Waals surface area contributed by atoms with Crippen LogP contribution in [0.5, 0.6) is 11.5 Å². The van der Waals surface area contributed by atoms with Gasteiger partial charge in [0.05, 0.1) is 34.8 Å². The van der Waals surface area contributed by atoms with Crippen molar-refractivity contribution in [2.45, 2.75) is 38.3 Å². The molecule has 0 saturated heterocycles. The average molecular weight is 637 g/mol. The summed E-state index contributed by atoms with van der Waals surface area (Å²) in [6.07, 6.45) is 0. The molecule has 0 aliphatic heterocycles. The fourth-order valence-corrected chi connectivity index (χ4v) is 5.85. The molecule has 3 aromatic carbocycles. The standard InChI is InChI=1S/C30H35Cl2N3O6S/c1-20(2)17-33-30(37)21(3)34(18-22-11-13-25(31)26(32)15-22)29(36)19-35(42(38,39)24-9-7-6-8-10-24)27-16-23(40-4)12-14-28(27)41-5/h6-16,20-21H,17-19H2,1-5H3,(H,33,37)/t21-/m0/s1. The molecule has 0 unspecified atom stereocenters. The van der Waals surface area contributed by atoms with E-state index in [4.69, 9.17) is 32.7 Å². The fraction of sp³-hybridized carbons (Fsp3) is 0.333. The van der Waals surface area contributed by atoms with Gasteiger partial charge in [-0.25, -0.2) is 8.42 Å². The molecule has 0 bridgehead atoms. The van der Waals surface area contributed by atoms with Gasteiger partial charge in [0, 0.05) is 19.2 Å². The Morgan fingerprint density at radius 1 is 0.905 bits per heavy atom. The number of anilines is 1. The van der Waals surface area contributed by atoms with Gasteiger partial charge in [0.15, 0.2) is 0 Å². The summed E-state index contributed by atoms with van der Waals surface area (Å²) >= 11 is 12.3. The first-order chi connectivity index (χ1) is 19.9. The number of benzene rings is 3. The van der Waals surface area contributed by atoms with Gasteiger partial charge in [-0.1, -0.05) is 61.3 Å². The zero-order valence-corrected chi connectivity index (χ0v) is 26.5. The number of nitrogens with one attached hydrogen (secondary N) is 1. The Kier molecular flexibility index (Phi) is 11.5. The average Bonchev–Trinajstić information content (AvgIpc) is 2.98. The van der Waals surface area contributed by atoms with Crippen molar-refractivity contribution in [2.24, 2.45) is 5.92 Å². The van der Waals surface area contributed by atoms with Crippen molar-refractivity contribution in [3.8, 4) is 11.5 Å². The summed E-state index contributed by atoms with van der Waals surface area (Å²) in [6, 6.07) is 16.4. The number of ether oxygens (including phenoxy) is 2. The Labute approximate surface area is 257 Å². The minimum atomic E-state index is -4.28. The monoisotopic (exact) mass is 635 g/mol. The van der Waals surface area contributed by atoms with Crippen LogP contribution in [-0.2, 0) is 26.2 Å². The van der Waals surface area contributed by atoms with Gasteiger partial charge in [0.1, 0.15) is 24.1 Å². The van der Waals surface area contributed by atoms with Crippen LogP contribution >= 0.6 is 23.2 Å². The molecular weight excluding hydrogens is 601 g/mol. The zero-order chi connectivity index (χ0) is 31.0.